The van der Waals surface area contributed by atoms with Crippen molar-refractivity contribution < 1.29 is 17.9 Å². The molecule has 29 heavy (non-hydrogen) atoms. The maximum Gasteiger partial charge on any atom is 0.257 e. The third kappa shape index (κ3) is 6.15. The molecule has 1 saturated carbocycles. The monoisotopic (exact) mass is 414 g/mol. The molecule has 0 bridgehead atoms. The number of carbonyl (C=O) groups excluding carboxylic acids is 1. The van der Waals surface area contributed by atoms with Crippen LogP contribution in [0.5, 0.6) is 11.6 Å². The Kier molecular flexibility index (Phi) is 6.69. The van der Waals surface area contributed by atoms with E-state index in [0.29, 0.717) is 17.2 Å². The smallest absolute Gasteiger partial charge is 0.257 e. The Hall–Kier alpha value is -2.67. The summed E-state index contributed by atoms with van der Waals surface area (Å²) < 4.78 is 28.5. The van der Waals surface area contributed by atoms with Gasteiger partial charge in [0.2, 0.25) is 5.88 Å². The van der Waals surface area contributed by atoms with Gasteiger partial charge in [-0.05, 0) is 44.0 Å². The van der Waals surface area contributed by atoms with Crippen LogP contribution >= 0.6 is 0 Å². The number of amides is 1. The number of rotatable bonds is 7. The summed E-state index contributed by atoms with van der Waals surface area (Å²) >= 11 is 0. The molecule has 0 unspecified atom stereocenters. The first kappa shape index (κ1) is 21.0. The second kappa shape index (κ2) is 9.22. The zero-order valence-electron chi connectivity index (χ0n) is 16.7. The molecule has 1 heterocycles. The number of sulfone groups is 1. The molecule has 1 aliphatic carbocycles. The number of benzene rings is 1. The Morgan fingerprint density at radius 1 is 1.17 bits per heavy atom. The maximum atomic E-state index is 12.8. The molecule has 1 fully saturated rings. The molecule has 0 spiro atoms. The van der Waals surface area contributed by atoms with Crippen LogP contribution in [0.2, 0.25) is 0 Å². The van der Waals surface area contributed by atoms with E-state index in [2.05, 4.69) is 10.3 Å². The molecule has 1 aliphatic rings. The van der Waals surface area contributed by atoms with E-state index in [1.165, 1.54) is 18.9 Å². The standard InChI is InChI=1S/C22H26N2O4S/c1-16(14-15-29(2,26)27)23-21(25)19-12-13-20(17-8-6-7-9-17)24-22(19)28-18-10-4-3-5-11-18/h3-5,10-17H,6-9H2,1-2H3,(H,23,25)/b15-14+/t16-/m0/s1. The largest absolute Gasteiger partial charge is 0.438 e. The van der Waals surface area contributed by atoms with Crippen LogP contribution in [-0.4, -0.2) is 31.6 Å². The van der Waals surface area contributed by atoms with Gasteiger partial charge in [-0.1, -0.05) is 37.1 Å². The number of hydrogen-bond acceptors (Lipinski definition) is 5. The molecule has 1 atom stereocenters. The fraction of sp³-hybridized carbons (Fsp3) is 0.364. The number of aromatic nitrogens is 1. The first-order valence-corrected chi connectivity index (χ1v) is 11.7. The molecule has 3 rings (SSSR count). The Labute approximate surface area is 171 Å². The highest BCUT2D eigenvalue weighted by molar-refractivity contribution is 7.93. The number of carbonyl (C=O) groups is 1. The van der Waals surface area contributed by atoms with Crippen molar-refractivity contribution in [2.75, 3.05) is 6.26 Å². The highest BCUT2D eigenvalue weighted by atomic mass is 32.2. The van der Waals surface area contributed by atoms with Gasteiger partial charge in [0.25, 0.3) is 5.91 Å². The van der Waals surface area contributed by atoms with Crippen LogP contribution < -0.4 is 10.1 Å². The maximum absolute atomic E-state index is 12.8. The molecule has 2 aromatic rings. The molecule has 0 saturated heterocycles. The zero-order valence-corrected chi connectivity index (χ0v) is 17.5. The van der Waals surface area contributed by atoms with Crippen molar-refractivity contribution in [3.05, 3.63) is 65.2 Å². The van der Waals surface area contributed by atoms with Crippen LogP contribution in [0.4, 0.5) is 0 Å². The molecular formula is C22H26N2O4S. The predicted molar refractivity (Wildman–Crippen MR) is 113 cm³/mol. The third-order valence-corrected chi connectivity index (χ3v) is 5.48. The summed E-state index contributed by atoms with van der Waals surface area (Å²) in [6.07, 6.45) is 7.11. The summed E-state index contributed by atoms with van der Waals surface area (Å²) in [6, 6.07) is 12.4. The molecule has 1 aromatic carbocycles. The second-order valence-electron chi connectivity index (χ2n) is 7.41. The summed E-state index contributed by atoms with van der Waals surface area (Å²) in [5.41, 5.74) is 1.25. The molecule has 0 aliphatic heterocycles. The molecule has 6 nitrogen and oxygen atoms in total. The van der Waals surface area contributed by atoms with Gasteiger partial charge < -0.3 is 10.1 Å². The third-order valence-electron chi connectivity index (χ3n) is 4.83. The minimum atomic E-state index is -3.25. The fourth-order valence-electron chi connectivity index (χ4n) is 3.35. The molecule has 1 amide bonds. The van der Waals surface area contributed by atoms with Gasteiger partial charge in [-0.3, -0.25) is 4.79 Å². The van der Waals surface area contributed by atoms with E-state index in [9.17, 15) is 13.2 Å². The summed E-state index contributed by atoms with van der Waals surface area (Å²) in [4.78, 5) is 17.5. The van der Waals surface area contributed by atoms with Crippen LogP contribution in [0, 0.1) is 0 Å². The van der Waals surface area contributed by atoms with E-state index in [1.54, 1.807) is 13.0 Å². The van der Waals surface area contributed by atoms with Crippen molar-refractivity contribution in [2.24, 2.45) is 0 Å². The van der Waals surface area contributed by atoms with E-state index in [-0.39, 0.29) is 11.8 Å². The van der Waals surface area contributed by atoms with Crippen LogP contribution in [0.25, 0.3) is 0 Å². The van der Waals surface area contributed by atoms with E-state index in [0.717, 1.165) is 30.2 Å². The number of pyridine rings is 1. The van der Waals surface area contributed by atoms with Crippen LogP contribution in [0.1, 0.15) is 54.6 Å². The molecule has 1 N–H and O–H groups in total. The first-order valence-electron chi connectivity index (χ1n) is 9.75. The first-order chi connectivity index (χ1) is 13.8. The minimum Gasteiger partial charge on any atom is -0.438 e. The molecular weight excluding hydrogens is 388 g/mol. The van der Waals surface area contributed by atoms with Crippen molar-refractivity contribution in [3.63, 3.8) is 0 Å². The predicted octanol–water partition coefficient (Wildman–Crippen LogP) is 4.21. The van der Waals surface area contributed by atoms with Crippen molar-refractivity contribution >= 4 is 15.7 Å². The number of hydrogen-bond donors (Lipinski definition) is 1. The highest BCUT2D eigenvalue weighted by Crippen LogP contribution is 2.35. The quantitative estimate of drug-likeness (QED) is 0.734. The van der Waals surface area contributed by atoms with Gasteiger partial charge in [-0.2, -0.15) is 0 Å². The van der Waals surface area contributed by atoms with Gasteiger partial charge in [0.05, 0.1) is 0 Å². The SMILES string of the molecule is C[C@@H](/C=C/S(C)(=O)=O)NC(=O)c1ccc(C2CCCC2)nc1Oc1ccccc1. The molecule has 0 radical (unpaired) electrons. The lowest BCUT2D eigenvalue weighted by molar-refractivity contribution is 0.0944. The van der Waals surface area contributed by atoms with Crippen molar-refractivity contribution in [1.29, 1.82) is 0 Å². The normalized spacial score (nSPS) is 16.1. The Morgan fingerprint density at radius 2 is 1.86 bits per heavy atom. The number of ether oxygens (including phenoxy) is 1. The van der Waals surface area contributed by atoms with E-state index in [4.69, 9.17) is 4.74 Å². The van der Waals surface area contributed by atoms with Gasteiger partial charge in [-0.25, -0.2) is 13.4 Å². The Bertz CT molecular complexity index is 981. The van der Waals surface area contributed by atoms with Crippen LogP contribution in [0.3, 0.4) is 0 Å². The van der Waals surface area contributed by atoms with Crippen molar-refractivity contribution in [2.45, 2.75) is 44.6 Å². The summed E-state index contributed by atoms with van der Waals surface area (Å²) in [6.45, 7) is 1.71. The van der Waals surface area contributed by atoms with E-state index in [1.807, 2.05) is 36.4 Å². The topological polar surface area (TPSA) is 85.4 Å². The number of nitrogens with zero attached hydrogens (tertiary/aromatic N) is 1. The second-order valence-corrected chi connectivity index (χ2v) is 9.34. The number of para-hydroxylation sites is 1. The zero-order chi connectivity index (χ0) is 20.9. The van der Waals surface area contributed by atoms with Gasteiger partial charge in [-0.15, -0.1) is 0 Å². The molecule has 154 valence electrons. The Balaban J connectivity index is 1.85. The van der Waals surface area contributed by atoms with Gasteiger partial charge in [0.15, 0.2) is 9.84 Å². The average molecular weight is 415 g/mol. The van der Waals surface area contributed by atoms with Gasteiger partial charge >= 0.3 is 0 Å². The lowest BCUT2D eigenvalue weighted by Crippen LogP contribution is -2.31. The van der Waals surface area contributed by atoms with Crippen molar-refractivity contribution in [3.8, 4) is 11.6 Å². The molecule has 1 aromatic heterocycles. The molecule has 7 heteroatoms. The van der Waals surface area contributed by atoms with Crippen LogP contribution in [0.15, 0.2) is 53.9 Å². The van der Waals surface area contributed by atoms with Gasteiger partial charge in [0.1, 0.15) is 11.3 Å². The lowest BCUT2D eigenvalue weighted by Gasteiger charge is -2.16. The minimum absolute atomic E-state index is 0.261. The number of nitrogens with one attached hydrogen (secondary N) is 1. The van der Waals surface area contributed by atoms with Gasteiger partial charge in [0, 0.05) is 29.3 Å². The summed E-state index contributed by atoms with van der Waals surface area (Å²) in [5.74, 6) is 0.883. The lowest BCUT2D eigenvalue weighted by atomic mass is 10.0. The Morgan fingerprint density at radius 3 is 2.52 bits per heavy atom. The summed E-state index contributed by atoms with van der Waals surface area (Å²) in [7, 11) is -3.25. The average Bonchev–Trinajstić information content (AvgIpc) is 3.21. The van der Waals surface area contributed by atoms with Crippen molar-refractivity contribution in [1.82, 2.24) is 10.3 Å². The van der Waals surface area contributed by atoms with E-state index < -0.39 is 15.9 Å². The highest BCUT2D eigenvalue weighted by Gasteiger charge is 2.22. The fourth-order valence-corrected chi connectivity index (χ4v) is 3.87. The summed E-state index contributed by atoms with van der Waals surface area (Å²) in [5, 5.41) is 3.86. The van der Waals surface area contributed by atoms with Crippen LogP contribution in [-0.2, 0) is 9.84 Å². The van der Waals surface area contributed by atoms with E-state index >= 15 is 0 Å².